The largest absolute Gasteiger partial charge is 0.496 e. The molecule has 0 bridgehead atoms. The molecular weight excluding hydrogens is 368 g/mol. The maximum atomic E-state index is 10.7. The highest BCUT2D eigenvalue weighted by Crippen LogP contribution is 2.45. The molecule has 7 heteroatoms. The number of nitrogens with one attached hydrogen (secondary N) is 1. The molecule has 0 saturated heterocycles. The summed E-state index contributed by atoms with van der Waals surface area (Å²) in [6.45, 7) is 9.94. The van der Waals surface area contributed by atoms with E-state index in [9.17, 15) is 10.1 Å². The van der Waals surface area contributed by atoms with Gasteiger partial charge in [0.05, 0.1) is 23.9 Å². The number of ether oxygens (including phenoxy) is 1. The second kappa shape index (κ2) is 8.11. The van der Waals surface area contributed by atoms with E-state index in [0.29, 0.717) is 11.6 Å². The van der Waals surface area contributed by atoms with E-state index in [1.807, 2.05) is 0 Å². The minimum absolute atomic E-state index is 0.0493. The molecule has 2 aromatic rings. The quantitative estimate of drug-likeness (QED) is 0.414. The maximum Gasteiger partial charge on any atom is 0.269 e. The Kier molecular flexibility index (Phi) is 5.77. The fourth-order valence-corrected chi connectivity index (χ4v) is 4.24. The second-order valence-electron chi connectivity index (χ2n) is 7.99. The zero-order chi connectivity index (χ0) is 21.2. The van der Waals surface area contributed by atoms with Gasteiger partial charge in [0.2, 0.25) is 0 Å². The first-order chi connectivity index (χ1) is 13.8. The van der Waals surface area contributed by atoms with Gasteiger partial charge in [-0.3, -0.25) is 15.5 Å². The first kappa shape index (κ1) is 20.6. The summed E-state index contributed by atoms with van der Waals surface area (Å²) in [7, 11) is 1.66. The molecule has 0 aliphatic carbocycles. The molecule has 1 N–H and O–H groups in total. The normalized spacial score (nSPS) is 17.8. The van der Waals surface area contributed by atoms with Gasteiger partial charge in [-0.2, -0.15) is 5.10 Å². The number of hydrogen-bond donors (Lipinski definition) is 1. The van der Waals surface area contributed by atoms with Gasteiger partial charge in [-0.15, -0.1) is 0 Å². The number of anilines is 2. The SMILES string of the molecule is CCN1c2cc(OC)c(/C=N\Nc3ccc([N+](=O)[O-])cc3)cc2C(C)CC1(C)C. The molecule has 0 radical (unpaired) electrons. The van der Waals surface area contributed by atoms with Gasteiger partial charge in [-0.05, 0) is 56.9 Å². The number of nitro benzene ring substituents is 1. The third kappa shape index (κ3) is 4.18. The number of hydrazone groups is 1. The number of hydrogen-bond acceptors (Lipinski definition) is 6. The van der Waals surface area contributed by atoms with Gasteiger partial charge in [0, 0.05) is 41.5 Å². The van der Waals surface area contributed by atoms with Gasteiger partial charge in [-0.25, -0.2) is 0 Å². The summed E-state index contributed by atoms with van der Waals surface area (Å²) in [6.07, 6.45) is 2.81. The highest BCUT2D eigenvalue weighted by Gasteiger charge is 2.36. The molecule has 1 aliphatic rings. The molecule has 0 spiro atoms. The van der Waals surface area contributed by atoms with Crippen LogP contribution in [0.25, 0.3) is 0 Å². The minimum atomic E-state index is -0.424. The lowest BCUT2D eigenvalue weighted by Gasteiger charge is -2.47. The molecule has 1 unspecified atom stereocenters. The second-order valence-corrected chi connectivity index (χ2v) is 7.99. The summed E-state index contributed by atoms with van der Waals surface area (Å²) in [5.74, 6) is 1.20. The van der Waals surface area contributed by atoms with Crippen LogP contribution in [0.2, 0.25) is 0 Å². The fourth-order valence-electron chi connectivity index (χ4n) is 4.24. The lowest BCUT2D eigenvalue weighted by Crippen LogP contribution is -2.48. The van der Waals surface area contributed by atoms with Crippen LogP contribution in [-0.2, 0) is 0 Å². The molecule has 0 saturated carbocycles. The van der Waals surface area contributed by atoms with Crippen LogP contribution in [0.4, 0.5) is 17.1 Å². The smallest absolute Gasteiger partial charge is 0.269 e. The summed E-state index contributed by atoms with van der Waals surface area (Å²) in [5, 5.41) is 15.0. The molecule has 3 rings (SSSR count). The van der Waals surface area contributed by atoms with Crippen LogP contribution in [0.5, 0.6) is 5.75 Å². The van der Waals surface area contributed by atoms with Gasteiger partial charge >= 0.3 is 0 Å². The molecule has 0 amide bonds. The Bertz CT molecular complexity index is 922. The number of benzene rings is 2. The van der Waals surface area contributed by atoms with E-state index >= 15 is 0 Å². The van der Waals surface area contributed by atoms with Crippen molar-refractivity contribution in [1.29, 1.82) is 0 Å². The molecule has 7 nitrogen and oxygen atoms in total. The van der Waals surface area contributed by atoms with E-state index in [4.69, 9.17) is 4.74 Å². The van der Waals surface area contributed by atoms with Crippen LogP contribution in [0.15, 0.2) is 41.5 Å². The Morgan fingerprint density at radius 1 is 1.34 bits per heavy atom. The number of fused-ring (bicyclic) bond motifs is 1. The predicted octanol–water partition coefficient (Wildman–Crippen LogP) is 5.16. The molecule has 1 heterocycles. The topological polar surface area (TPSA) is 80.0 Å². The van der Waals surface area contributed by atoms with Gasteiger partial charge in [0.15, 0.2) is 0 Å². The predicted molar refractivity (Wildman–Crippen MR) is 117 cm³/mol. The third-order valence-corrected chi connectivity index (χ3v) is 5.53. The Balaban J connectivity index is 1.87. The van der Waals surface area contributed by atoms with Crippen molar-refractivity contribution < 1.29 is 9.66 Å². The lowest BCUT2D eigenvalue weighted by atomic mass is 9.79. The summed E-state index contributed by atoms with van der Waals surface area (Å²) in [6, 6.07) is 10.4. The zero-order valence-corrected chi connectivity index (χ0v) is 17.6. The van der Waals surface area contributed by atoms with Crippen LogP contribution in [-0.4, -0.2) is 30.3 Å². The highest BCUT2D eigenvalue weighted by molar-refractivity contribution is 5.86. The Hall–Kier alpha value is -3.09. The highest BCUT2D eigenvalue weighted by atomic mass is 16.6. The van der Waals surface area contributed by atoms with Gasteiger partial charge in [-0.1, -0.05) is 6.92 Å². The van der Waals surface area contributed by atoms with Crippen molar-refractivity contribution in [3.63, 3.8) is 0 Å². The summed E-state index contributed by atoms with van der Waals surface area (Å²) < 4.78 is 5.63. The summed E-state index contributed by atoms with van der Waals surface area (Å²) >= 11 is 0. The van der Waals surface area contributed by atoms with E-state index < -0.39 is 4.92 Å². The molecule has 0 aromatic heterocycles. The van der Waals surface area contributed by atoms with Gasteiger partial charge in [0.25, 0.3) is 5.69 Å². The molecule has 29 heavy (non-hydrogen) atoms. The Labute approximate surface area is 171 Å². The zero-order valence-electron chi connectivity index (χ0n) is 17.6. The number of methoxy groups -OCH3 is 1. The van der Waals surface area contributed by atoms with E-state index in [1.165, 1.54) is 23.4 Å². The van der Waals surface area contributed by atoms with Crippen molar-refractivity contribution in [3.8, 4) is 5.75 Å². The van der Waals surface area contributed by atoms with E-state index in [-0.39, 0.29) is 11.2 Å². The average Bonchev–Trinajstić information content (AvgIpc) is 2.68. The van der Waals surface area contributed by atoms with Crippen LogP contribution in [0, 0.1) is 10.1 Å². The maximum absolute atomic E-state index is 10.7. The van der Waals surface area contributed by atoms with Crippen LogP contribution < -0.4 is 15.1 Å². The van der Waals surface area contributed by atoms with Crippen molar-refractivity contribution in [2.24, 2.45) is 5.10 Å². The van der Waals surface area contributed by atoms with Crippen molar-refractivity contribution >= 4 is 23.3 Å². The van der Waals surface area contributed by atoms with Crippen LogP contribution in [0.3, 0.4) is 0 Å². The van der Waals surface area contributed by atoms with E-state index in [1.54, 1.807) is 25.5 Å². The fraction of sp³-hybridized carbons (Fsp3) is 0.409. The Morgan fingerprint density at radius 3 is 2.62 bits per heavy atom. The summed E-state index contributed by atoms with van der Waals surface area (Å²) in [5.41, 5.74) is 7.14. The van der Waals surface area contributed by atoms with Crippen LogP contribution >= 0.6 is 0 Å². The van der Waals surface area contributed by atoms with E-state index in [2.05, 4.69) is 55.3 Å². The van der Waals surface area contributed by atoms with Crippen molar-refractivity contribution in [1.82, 2.24) is 0 Å². The van der Waals surface area contributed by atoms with Crippen LogP contribution in [0.1, 0.15) is 51.2 Å². The average molecular weight is 396 g/mol. The standard InChI is InChI=1S/C22H28N4O3/c1-6-25-20-12-21(29-5)16(11-19(20)15(2)13-22(25,3)4)14-23-24-17-7-9-18(10-8-17)26(27)28/h7-12,14-15,24H,6,13H2,1-5H3/b23-14-. The summed E-state index contributed by atoms with van der Waals surface area (Å²) in [4.78, 5) is 12.8. The van der Waals surface area contributed by atoms with Crippen molar-refractivity contribution in [2.75, 3.05) is 24.0 Å². The number of nitro groups is 1. The molecule has 2 aromatic carbocycles. The number of nitrogens with zero attached hydrogens (tertiary/aromatic N) is 3. The first-order valence-electron chi connectivity index (χ1n) is 9.80. The minimum Gasteiger partial charge on any atom is -0.496 e. The van der Waals surface area contributed by atoms with Crippen molar-refractivity contribution in [2.45, 2.75) is 45.6 Å². The molecular formula is C22H28N4O3. The Morgan fingerprint density at radius 2 is 2.03 bits per heavy atom. The number of non-ortho nitro benzene ring substituents is 1. The van der Waals surface area contributed by atoms with Gasteiger partial charge < -0.3 is 9.64 Å². The van der Waals surface area contributed by atoms with Crippen molar-refractivity contribution in [3.05, 3.63) is 57.6 Å². The molecule has 1 aliphatic heterocycles. The number of rotatable bonds is 6. The van der Waals surface area contributed by atoms with Gasteiger partial charge in [0.1, 0.15) is 5.75 Å². The third-order valence-electron chi connectivity index (χ3n) is 5.53. The molecule has 154 valence electrons. The monoisotopic (exact) mass is 396 g/mol. The molecule has 1 atom stereocenters. The van der Waals surface area contributed by atoms with E-state index in [0.717, 1.165) is 24.3 Å². The molecule has 0 fully saturated rings. The first-order valence-corrected chi connectivity index (χ1v) is 9.80. The lowest BCUT2D eigenvalue weighted by molar-refractivity contribution is -0.384.